The summed E-state index contributed by atoms with van der Waals surface area (Å²) in [5.74, 6) is -1.93. The van der Waals surface area contributed by atoms with E-state index >= 15 is 0 Å². The molecule has 0 aliphatic heterocycles. The number of rotatable bonds is 3. The molecule has 170 valence electrons. The van der Waals surface area contributed by atoms with E-state index in [9.17, 15) is 19.2 Å². The lowest BCUT2D eigenvalue weighted by Crippen LogP contribution is -2.49. The SMILES string of the molecule is CC(C)(C)OC(=O)NC(=N)N(C(=O)OC(C)(C)C)c1ccc(C(=O)NC(=O)CN)cc1. The van der Waals surface area contributed by atoms with Crippen LogP contribution in [0.1, 0.15) is 51.9 Å². The molecule has 0 saturated carbocycles. The Hall–Kier alpha value is -3.47. The Balaban J connectivity index is 3.15. The fourth-order valence-electron chi connectivity index (χ4n) is 2.10. The molecule has 0 aromatic heterocycles. The third kappa shape index (κ3) is 8.83. The minimum absolute atomic E-state index is 0.126. The van der Waals surface area contributed by atoms with Gasteiger partial charge in [0.05, 0.1) is 12.2 Å². The number of hydrogen-bond acceptors (Lipinski definition) is 8. The van der Waals surface area contributed by atoms with E-state index in [-0.39, 0.29) is 17.8 Å². The monoisotopic (exact) mass is 435 g/mol. The summed E-state index contributed by atoms with van der Waals surface area (Å²) in [4.78, 5) is 48.8. The molecular weight excluding hydrogens is 406 g/mol. The van der Waals surface area contributed by atoms with Gasteiger partial charge >= 0.3 is 12.2 Å². The Morgan fingerprint density at radius 2 is 1.45 bits per heavy atom. The number of anilines is 1. The van der Waals surface area contributed by atoms with Crippen molar-refractivity contribution in [3.05, 3.63) is 29.8 Å². The van der Waals surface area contributed by atoms with Crippen molar-refractivity contribution in [1.29, 1.82) is 5.41 Å². The maximum Gasteiger partial charge on any atom is 0.421 e. The van der Waals surface area contributed by atoms with Gasteiger partial charge in [-0.1, -0.05) is 0 Å². The number of nitrogens with two attached hydrogens (primary N) is 1. The highest BCUT2D eigenvalue weighted by Crippen LogP contribution is 2.19. The normalized spacial score (nSPS) is 11.2. The van der Waals surface area contributed by atoms with Gasteiger partial charge in [0.15, 0.2) is 0 Å². The van der Waals surface area contributed by atoms with Crippen LogP contribution in [0, 0.1) is 5.41 Å². The number of imide groups is 1. The van der Waals surface area contributed by atoms with Gasteiger partial charge in [0, 0.05) is 5.56 Å². The van der Waals surface area contributed by atoms with Crippen molar-refractivity contribution >= 4 is 35.6 Å². The molecule has 1 aromatic carbocycles. The topological polar surface area (TPSA) is 164 Å². The molecule has 0 aliphatic rings. The van der Waals surface area contributed by atoms with Crippen LogP contribution in [0.3, 0.4) is 0 Å². The minimum atomic E-state index is -0.928. The van der Waals surface area contributed by atoms with Crippen molar-refractivity contribution in [2.75, 3.05) is 11.4 Å². The average molecular weight is 435 g/mol. The third-order valence-electron chi connectivity index (χ3n) is 3.25. The number of nitrogens with zero attached hydrogens (tertiary/aromatic N) is 1. The average Bonchev–Trinajstić information content (AvgIpc) is 2.58. The van der Waals surface area contributed by atoms with Gasteiger partial charge in [0.25, 0.3) is 5.91 Å². The molecule has 0 saturated heterocycles. The number of carbonyl (C=O) groups is 4. The lowest BCUT2D eigenvalue weighted by molar-refractivity contribution is -0.118. The maximum atomic E-state index is 12.7. The zero-order valence-electron chi connectivity index (χ0n) is 18.5. The fourth-order valence-corrected chi connectivity index (χ4v) is 2.10. The van der Waals surface area contributed by atoms with E-state index in [0.717, 1.165) is 4.90 Å². The molecule has 0 fully saturated rings. The Morgan fingerprint density at radius 1 is 0.935 bits per heavy atom. The van der Waals surface area contributed by atoms with Crippen LogP contribution in [-0.2, 0) is 14.3 Å². The van der Waals surface area contributed by atoms with Crippen LogP contribution in [0.4, 0.5) is 15.3 Å². The molecule has 11 nitrogen and oxygen atoms in total. The van der Waals surface area contributed by atoms with E-state index in [4.69, 9.17) is 20.6 Å². The van der Waals surface area contributed by atoms with E-state index < -0.39 is 41.2 Å². The van der Waals surface area contributed by atoms with Crippen molar-refractivity contribution < 1.29 is 28.7 Å². The number of ether oxygens (including phenoxy) is 2. The van der Waals surface area contributed by atoms with Crippen molar-refractivity contribution in [2.24, 2.45) is 5.73 Å². The van der Waals surface area contributed by atoms with Crippen LogP contribution in [0.25, 0.3) is 0 Å². The maximum absolute atomic E-state index is 12.7. The Kier molecular flexibility index (Phi) is 8.27. The number of carbonyl (C=O) groups excluding carboxylic acids is 4. The van der Waals surface area contributed by atoms with Gasteiger partial charge in [0.1, 0.15) is 11.2 Å². The van der Waals surface area contributed by atoms with Crippen molar-refractivity contribution in [2.45, 2.75) is 52.7 Å². The first-order valence-electron chi connectivity index (χ1n) is 9.39. The standard InChI is InChI=1S/C20H29N5O6/c1-19(2,3)30-17(28)24-16(22)25(18(29)31-20(4,5)6)13-9-7-12(8-10-13)15(27)23-14(26)11-21/h7-10H,11,21H2,1-6H3,(H2,22,24,28)(H,23,26,27). The highest BCUT2D eigenvalue weighted by molar-refractivity contribution is 6.16. The van der Waals surface area contributed by atoms with E-state index in [1.54, 1.807) is 41.5 Å². The Morgan fingerprint density at radius 3 is 1.90 bits per heavy atom. The van der Waals surface area contributed by atoms with Crippen molar-refractivity contribution in [3.63, 3.8) is 0 Å². The summed E-state index contributed by atoms with van der Waals surface area (Å²) in [5, 5.41) is 12.5. The van der Waals surface area contributed by atoms with Gasteiger partial charge in [-0.2, -0.15) is 0 Å². The van der Waals surface area contributed by atoms with Crippen LogP contribution in [0.5, 0.6) is 0 Å². The zero-order chi connectivity index (χ0) is 24.0. The molecule has 0 radical (unpaired) electrons. The Bertz CT molecular complexity index is 852. The smallest absolute Gasteiger partial charge is 0.421 e. The number of benzene rings is 1. The van der Waals surface area contributed by atoms with E-state index in [1.807, 2.05) is 0 Å². The molecule has 1 rings (SSSR count). The van der Waals surface area contributed by atoms with Crippen LogP contribution in [0.2, 0.25) is 0 Å². The Labute approximate surface area is 180 Å². The number of guanidine groups is 1. The third-order valence-corrected chi connectivity index (χ3v) is 3.25. The first kappa shape index (κ1) is 25.6. The lowest BCUT2D eigenvalue weighted by atomic mass is 10.2. The molecule has 4 amide bonds. The number of hydrogen-bond donors (Lipinski definition) is 4. The predicted octanol–water partition coefficient (Wildman–Crippen LogP) is 2.10. The molecule has 0 atom stereocenters. The van der Waals surface area contributed by atoms with Crippen molar-refractivity contribution in [1.82, 2.24) is 10.6 Å². The van der Waals surface area contributed by atoms with Crippen molar-refractivity contribution in [3.8, 4) is 0 Å². The van der Waals surface area contributed by atoms with Gasteiger partial charge in [-0.05, 0) is 65.8 Å². The molecule has 1 aromatic rings. The summed E-state index contributed by atoms with van der Waals surface area (Å²) < 4.78 is 10.4. The summed E-state index contributed by atoms with van der Waals surface area (Å²) in [5.41, 5.74) is 3.75. The van der Waals surface area contributed by atoms with E-state index in [1.165, 1.54) is 24.3 Å². The molecule has 11 heteroatoms. The van der Waals surface area contributed by atoms with Crippen LogP contribution >= 0.6 is 0 Å². The number of amides is 4. The second-order valence-electron chi connectivity index (χ2n) is 8.42. The number of nitrogens with one attached hydrogen (secondary N) is 3. The van der Waals surface area contributed by atoms with Gasteiger partial charge < -0.3 is 15.2 Å². The van der Waals surface area contributed by atoms with Gasteiger partial charge in [-0.3, -0.25) is 25.6 Å². The highest BCUT2D eigenvalue weighted by Gasteiger charge is 2.29. The van der Waals surface area contributed by atoms with Gasteiger partial charge in [-0.15, -0.1) is 0 Å². The summed E-state index contributed by atoms with van der Waals surface area (Å²) >= 11 is 0. The zero-order valence-corrected chi connectivity index (χ0v) is 18.5. The van der Waals surface area contributed by atoms with E-state index in [2.05, 4.69) is 10.6 Å². The largest absolute Gasteiger partial charge is 0.444 e. The molecule has 0 heterocycles. The predicted molar refractivity (Wildman–Crippen MR) is 114 cm³/mol. The minimum Gasteiger partial charge on any atom is -0.444 e. The molecular formula is C20H29N5O6. The molecule has 5 N–H and O–H groups in total. The van der Waals surface area contributed by atoms with Crippen LogP contribution in [0.15, 0.2) is 24.3 Å². The van der Waals surface area contributed by atoms with Crippen LogP contribution < -0.4 is 21.3 Å². The fraction of sp³-hybridized carbons (Fsp3) is 0.450. The second kappa shape index (κ2) is 10.0. The van der Waals surface area contributed by atoms with Gasteiger partial charge in [-0.25, -0.2) is 14.5 Å². The van der Waals surface area contributed by atoms with Crippen LogP contribution in [-0.4, -0.2) is 47.7 Å². The molecule has 0 spiro atoms. The summed E-state index contributed by atoms with van der Waals surface area (Å²) in [7, 11) is 0. The second-order valence-corrected chi connectivity index (χ2v) is 8.42. The first-order chi connectivity index (χ1) is 14.1. The van der Waals surface area contributed by atoms with Gasteiger partial charge in [0.2, 0.25) is 11.9 Å². The highest BCUT2D eigenvalue weighted by atomic mass is 16.6. The summed E-state index contributed by atoms with van der Waals surface area (Å²) in [6, 6.07) is 5.40. The molecule has 0 unspecified atom stereocenters. The molecule has 31 heavy (non-hydrogen) atoms. The first-order valence-corrected chi connectivity index (χ1v) is 9.39. The van der Waals surface area contributed by atoms with E-state index in [0.29, 0.717) is 0 Å². The number of alkyl carbamates (subject to hydrolysis) is 1. The lowest BCUT2D eigenvalue weighted by Gasteiger charge is -2.28. The summed E-state index contributed by atoms with van der Waals surface area (Å²) in [6.07, 6.45) is -1.86. The molecule has 0 bridgehead atoms. The molecule has 0 aliphatic carbocycles. The summed E-state index contributed by atoms with van der Waals surface area (Å²) in [6.45, 7) is 9.56. The quantitative estimate of drug-likeness (QED) is 0.417.